The zero-order valence-electron chi connectivity index (χ0n) is 14.6. The van der Waals surface area contributed by atoms with Crippen LogP contribution >= 0.6 is 0 Å². The number of aliphatic hydroxyl groups excluding tert-OH is 1. The quantitative estimate of drug-likeness (QED) is 0.571. The van der Waals surface area contributed by atoms with Crippen LogP contribution in [-0.2, 0) is 9.53 Å². The van der Waals surface area contributed by atoms with Crippen LogP contribution in [-0.4, -0.2) is 46.0 Å². The van der Waals surface area contributed by atoms with Crippen molar-refractivity contribution in [3.63, 3.8) is 0 Å². The number of aromatic amines is 1. The molecule has 1 unspecified atom stereocenters. The summed E-state index contributed by atoms with van der Waals surface area (Å²) in [6, 6.07) is 5.05. The van der Waals surface area contributed by atoms with E-state index in [1.807, 2.05) is 0 Å². The Labute approximate surface area is 157 Å². The number of alkyl halides is 3. The standard InChI is InChI=1S/C18H19F3N2O5/c19-18(20,21)17(27)28-14-3-1-2-11(14)22-8-13(25)9-4-6-12(24)16-10(9)5-7-15(26)23-16/h4-7,11,13-14,22,24-25H,1-3,8H2,(H,23,26)/t11-,13?,14+/m1/s1. The number of ether oxygens (including phenoxy) is 1. The molecular weight excluding hydrogens is 381 g/mol. The van der Waals surface area contributed by atoms with Crippen LogP contribution in [0.25, 0.3) is 10.9 Å². The van der Waals surface area contributed by atoms with Gasteiger partial charge in [0, 0.05) is 24.0 Å². The van der Waals surface area contributed by atoms with Gasteiger partial charge in [-0.3, -0.25) is 4.79 Å². The van der Waals surface area contributed by atoms with E-state index in [9.17, 15) is 33.0 Å². The third-order valence-corrected chi connectivity index (χ3v) is 4.78. The van der Waals surface area contributed by atoms with E-state index in [4.69, 9.17) is 0 Å². The molecule has 3 rings (SSSR count). The van der Waals surface area contributed by atoms with E-state index < -0.39 is 36.0 Å². The van der Waals surface area contributed by atoms with Crippen LogP contribution in [0.1, 0.15) is 30.9 Å². The Balaban J connectivity index is 1.69. The van der Waals surface area contributed by atoms with Crippen molar-refractivity contribution >= 4 is 16.9 Å². The van der Waals surface area contributed by atoms with Crippen molar-refractivity contribution in [2.24, 2.45) is 0 Å². The molecule has 1 aliphatic rings. The first-order valence-electron chi connectivity index (χ1n) is 8.71. The van der Waals surface area contributed by atoms with Crippen molar-refractivity contribution in [1.82, 2.24) is 10.3 Å². The highest BCUT2D eigenvalue weighted by molar-refractivity contribution is 5.87. The molecule has 1 fully saturated rings. The van der Waals surface area contributed by atoms with Gasteiger partial charge in [0.1, 0.15) is 11.9 Å². The van der Waals surface area contributed by atoms with E-state index in [0.717, 1.165) is 0 Å². The molecule has 0 bridgehead atoms. The number of hydrogen-bond acceptors (Lipinski definition) is 6. The highest BCUT2D eigenvalue weighted by Gasteiger charge is 2.44. The van der Waals surface area contributed by atoms with Crippen molar-refractivity contribution < 1.29 is 32.9 Å². The number of pyridine rings is 1. The van der Waals surface area contributed by atoms with Crippen LogP contribution in [0.2, 0.25) is 0 Å². The number of H-pyrrole nitrogens is 1. The molecule has 1 aromatic carbocycles. The summed E-state index contributed by atoms with van der Waals surface area (Å²) in [4.78, 5) is 25.0. The maximum absolute atomic E-state index is 12.4. The van der Waals surface area contributed by atoms with E-state index in [1.165, 1.54) is 24.3 Å². The first-order chi connectivity index (χ1) is 13.2. The van der Waals surface area contributed by atoms with Gasteiger partial charge in [-0.25, -0.2) is 4.79 Å². The SMILES string of the molecule is O=C(O[C@H]1CCC[C@H]1NCC(O)c1ccc(O)c2[nH]c(=O)ccc12)C(F)(F)F. The van der Waals surface area contributed by atoms with Crippen molar-refractivity contribution in [2.45, 2.75) is 43.7 Å². The minimum absolute atomic E-state index is 0.0102. The summed E-state index contributed by atoms with van der Waals surface area (Å²) in [5.74, 6) is -2.37. The smallest absolute Gasteiger partial charge is 0.490 e. The summed E-state index contributed by atoms with van der Waals surface area (Å²) in [6.07, 6.45) is -5.63. The molecule has 7 nitrogen and oxygen atoms in total. The number of rotatable bonds is 5. The Hall–Kier alpha value is -2.59. The van der Waals surface area contributed by atoms with Gasteiger partial charge in [-0.1, -0.05) is 6.07 Å². The summed E-state index contributed by atoms with van der Waals surface area (Å²) in [5, 5.41) is 23.8. The molecule has 1 heterocycles. The number of nitrogens with one attached hydrogen (secondary N) is 2. The third kappa shape index (κ3) is 4.28. The largest absolute Gasteiger partial charge is 0.506 e. The van der Waals surface area contributed by atoms with Gasteiger partial charge in [0.15, 0.2) is 0 Å². The van der Waals surface area contributed by atoms with Gasteiger partial charge < -0.3 is 25.3 Å². The monoisotopic (exact) mass is 400 g/mol. The summed E-state index contributed by atoms with van der Waals surface area (Å²) in [7, 11) is 0. The lowest BCUT2D eigenvalue weighted by Gasteiger charge is -2.23. The molecule has 1 saturated carbocycles. The first-order valence-corrected chi connectivity index (χ1v) is 8.71. The van der Waals surface area contributed by atoms with Crippen molar-refractivity contribution in [3.05, 3.63) is 40.2 Å². The van der Waals surface area contributed by atoms with E-state index >= 15 is 0 Å². The fourth-order valence-corrected chi connectivity index (χ4v) is 3.43. The molecule has 2 aromatic rings. The number of phenolic OH excluding ortho intramolecular Hbond substituents is 1. The molecule has 3 atom stereocenters. The van der Waals surface area contributed by atoms with Crippen molar-refractivity contribution in [2.75, 3.05) is 6.54 Å². The van der Waals surface area contributed by atoms with Gasteiger partial charge in [-0.15, -0.1) is 0 Å². The molecule has 1 aromatic heterocycles. The number of carbonyl (C=O) groups is 1. The number of fused-ring (bicyclic) bond motifs is 1. The van der Waals surface area contributed by atoms with Gasteiger partial charge in [-0.05, 0) is 37.0 Å². The number of aromatic nitrogens is 1. The average Bonchev–Trinajstić information content (AvgIpc) is 3.06. The highest BCUT2D eigenvalue weighted by Crippen LogP contribution is 2.30. The number of benzene rings is 1. The lowest BCUT2D eigenvalue weighted by Crippen LogP contribution is -2.42. The fraction of sp³-hybridized carbons (Fsp3) is 0.444. The van der Waals surface area contributed by atoms with Crippen LogP contribution in [0.3, 0.4) is 0 Å². The molecule has 10 heteroatoms. The van der Waals surface area contributed by atoms with Crippen LogP contribution < -0.4 is 10.9 Å². The van der Waals surface area contributed by atoms with Crippen molar-refractivity contribution in [3.8, 4) is 5.75 Å². The van der Waals surface area contributed by atoms with E-state index in [-0.39, 0.29) is 17.8 Å². The predicted molar refractivity (Wildman–Crippen MR) is 92.8 cm³/mol. The van der Waals surface area contributed by atoms with E-state index in [1.54, 1.807) is 0 Å². The second-order valence-corrected chi connectivity index (χ2v) is 6.69. The molecule has 0 saturated heterocycles. The van der Waals surface area contributed by atoms with Crippen LogP contribution in [0.4, 0.5) is 13.2 Å². The maximum Gasteiger partial charge on any atom is 0.490 e. The Kier molecular flexibility index (Phi) is 5.61. The molecule has 1 aliphatic carbocycles. The third-order valence-electron chi connectivity index (χ3n) is 4.78. The molecule has 0 aliphatic heterocycles. The molecule has 0 amide bonds. The average molecular weight is 400 g/mol. The number of aromatic hydroxyl groups is 1. The number of halogens is 3. The Morgan fingerprint density at radius 3 is 2.75 bits per heavy atom. The highest BCUT2D eigenvalue weighted by atomic mass is 19.4. The fourth-order valence-electron chi connectivity index (χ4n) is 3.43. The molecule has 152 valence electrons. The molecule has 0 radical (unpaired) electrons. The normalized spacial score (nSPS) is 21.0. The first kappa shape index (κ1) is 20.2. The zero-order valence-corrected chi connectivity index (χ0v) is 14.6. The number of hydrogen-bond donors (Lipinski definition) is 4. The number of phenols is 1. The van der Waals surface area contributed by atoms with Crippen molar-refractivity contribution in [1.29, 1.82) is 0 Å². The van der Waals surface area contributed by atoms with E-state index in [2.05, 4.69) is 15.0 Å². The minimum atomic E-state index is -5.05. The predicted octanol–water partition coefficient (Wildman–Crippen LogP) is 1.88. The summed E-state index contributed by atoms with van der Waals surface area (Å²) in [6.45, 7) is -0.0102. The van der Waals surface area contributed by atoms with Gasteiger partial charge in [-0.2, -0.15) is 13.2 Å². The molecule has 0 spiro atoms. The summed E-state index contributed by atoms with van der Waals surface area (Å²) >= 11 is 0. The van der Waals surface area contributed by atoms with Gasteiger partial charge >= 0.3 is 12.1 Å². The van der Waals surface area contributed by atoms with Crippen LogP contribution in [0.5, 0.6) is 5.75 Å². The second-order valence-electron chi connectivity index (χ2n) is 6.69. The van der Waals surface area contributed by atoms with Crippen LogP contribution in [0, 0.1) is 0 Å². The van der Waals surface area contributed by atoms with Gasteiger partial charge in [0.05, 0.1) is 11.6 Å². The van der Waals surface area contributed by atoms with E-state index in [0.29, 0.717) is 30.2 Å². The Bertz CT molecular complexity index is 928. The maximum atomic E-state index is 12.4. The number of aliphatic hydroxyl groups is 1. The molecular formula is C18H19F3N2O5. The molecule has 4 N–H and O–H groups in total. The minimum Gasteiger partial charge on any atom is -0.506 e. The lowest BCUT2D eigenvalue weighted by atomic mass is 10.0. The van der Waals surface area contributed by atoms with Gasteiger partial charge in [0.2, 0.25) is 5.56 Å². The topological polar surface area (TPSA) is 112 Å². The molecule has 28 heavy (non-hydrogen) atoms. The van der Waals surface area contributed by atoms with Crippen LogP contribution in [0.15, 0.2) is 29.1 Å². The Morgan fingerprint density at radius 1 is 1.29 bits per heavy atom. The summed E-state index contributed by atoms with van der Waals surface area (Å²) in [5.41, 5.74) is 0.202. The second kappa shape index (κ2) is 7.80. The lowest BCUT2D eigenvalue weighted by molar-refractivity contribution is -0.205. The number of esters is 1. The zero-order chi connectivity index (χ0) is 20.5. The van der Waals surface area contributed by atoms with Gasteiger partial charge in [0.25, 0.3) is 0 Å². The summed E-state index contributed by atoms with van der Waals surface area (Å²) < 4.78 is 41.7. The number of carbonyl (C=O) groups excluding carboxylic acids is 1. The Morgan fingerprint density at radius 2 is 2.04 bits per heavy atom.